The van der Waals surface area contributed by atoms with Crippen LogP contribution in [0.15, 0.2) is 24.3 Å². The summed E-state index contributed by atoms with van der Waals surface area (Å²) in [7, 11) is 0. The van der Waals surface area contributed by atoms with Gasteiger partial charge in [-0.1, -0.05) is 17.7 Å². The van der Waals surface area contributed by atoms with Crippen molar-refractivity contribution in [2.45, 2.75) is 26.4 Å². The van der Waals surface area contributed by atoms with E-state index >= 15 is 0 Å². The van der Waals surface area contributed by atoms with Crippen molar-refractivity contribution in [2.24, 2.45) is 0 Å². The van der Waals surface area contributed by atoms with E-state index < -0.39 is 0 Å². The Morgan fingerprint density at radius 2 is 2.24 bits per heavy atom. The van der Waals surface area contributed by atoms with Gasteiger partial charge in [-0.25, -0.2) is 0 Å². The highest BCUT2D eigenvalue weighted by molar-refractivity contribution is 5.94. The number of nitrogens with zero attached hydrogens (tertiary/aromatic N) is 1. The normalized spacial score (nSPS) is 18.4. The van der Waals surface area contributed by atoms with Gasteiger partial charge in [-0.15, -0.1) is 0 Å². The largest absolute Gasteiger partial charge is 0.375 e. The maximum atomic E-state index is 12.0. The molecule has 0 bridgehead atoms. The van der Waals surface area contributed by atoms with Crippen LogP contribution in [0.5, 0.6) is 0 Å². The van der Waals surface area contributed by atoms with Crippen LogP contribution in [0.3, 0.4) is 0 Å². The zero-order valence-corrected chi connectivity index (χ0v) is 12.6. The highest BCUT2D eigenvalue weighted by atomic mass is 16.5. The van der Waals surface area contributed by atoms with Gasteiger partial charge in [-0.3, -0.25) is 9.59 Å². The third-order valence-corrected chi connectivity index (χ3v) is 3.50. The molecule has 0 spiro atoms. The molecule has 1 saturated heterocycles. The van der Waals surface area contributed by atoms with Gasteiger partial charge in [0, 0.05) is 31.6 Å². The van der Waals surface area contributed by atoms with Gasteiger partial charge in [0.2, 0.25) is 5.91 Å². The number of benzene rings is 1. The lowest BCUT2D eigenvalue weighted by molar-refractivity contribution is -0.137. The van der Waals surface area contributed by atoms with Crippen molar-refractivity contribution in [3.63, 3.8) is 0 Å². The molecule has 1 N–H and O–H groups in total. The first-order valence-corrected chi connectivity index (χ1v) is 7.30. The molecule has 1 aromatic carbocycles. The molecule has 2 amide bonds. The number of amides is 2. The lowest BCUT2D eigenvalue weighted by Crippen LogP contribution is -2.45. The van der Waals surface area contributed by atoms with Crippen molar-refractivity contribution in [3.8, 4) is 0 Å². The number of carbonyl (C=O) groups is 2. The maximum Gasteiger partial charge on any atom is 0.251 e. The van der Waals surface area contributed by atoms with Crippen molar-refractivity contribution < 1.29 is 14.3 Å². The quantitative estimate of drug-likeness (QED) is 0.911. The number of ether oxygens (including phenoxy) is 1. The third-order valence-electron chi connectivity index (χ3n) is 3.50. The SMILES string of the molecule is Cc1cccc(C(=O)NCCC(=O)N2CCO[C@H](C)C2)c1. The monoisotopic (exact) mass is 290 g/mol. The number of nitrogens with one attached hydrogen (secondary N) is 1. The standard InChI is InChI=1S/C16H22N2O3/c1-12-4-3-5-14(10-12)16(20)17-7-6-15(19)18-8-9-21-13(2)11-18/h3-5,10,13H,6-9,11H2,1-2H3,(H,17,20)/t13-/m1/s1. The second-order valence-corrected chi connectivity index (χ2v) is 5.40. The molecule has 1 aliphatic heterocycles. The van der Waals surface area contributed by atoms with Gasteiger partial charge in [-0.2, -0.15) is 0 Å². The fourth-order valence-electron chi connectivity index (χ4n) is 2.37. The molecule has 1 fully saturated rings. The number of hydrogen-bond donors (Lipinski definition) is 1. The molecule has 0 saturated carbocycles. The molecule has 1 aromatic rings. The van der Waals surface area contributed by atoms with Crippen LogP contribution in [0, 0.1) is 6.92 Å². The molecule has 1 heterocycles. The number of morpholine rings is 1. The van der Waals surface area contributed by atoms with Crippen LogP contribution in [0.25, 0.3) is 0 Å². The van der Waals surface area contributed by atoms with E-state index in [1.165, 1.54) is 0 Å². The summed E-state index contributed by atoms with van der Waals surface area (Å²) >= 11 is 0. The Kier molecular flexibility index (Phi) is 5.33. The molecule has 1 atom stereocenters. The number of hydrogen-bond acceptors (Lipinski definition) is 3. The summed E-state index contributed by atoms with van der Waals surface area (Å²) in [5.74, 6) is -0.0727. The van der Waals surface area contributed by atoms with Crippen LogP contribution in [0.4, 0.5) is 0 Å². The molecule has 0 aromatic heterocycles. The van der Waals surface area contributed by atoms with Crippen LogP contribution in [0.2, 0.25) is 0 Å². The summed E-state index contributed by atoms with van der Waals surface area (Å²) in [5.41, 5.74) is 1.67. The molecule has 5 heteroatoms. The third kappa shape index (κ3) is 4.56. The Morgan fingerprint density at radius 1 is 1.43 bits per heavy atom. The first-order valence-electron chi connectivity index (χ1n) is 7.30. The molecular weight excluding hydrogens is 268 g/mol. The Morgan fingerprint density at radius 3 is 2.95 bits per heavy atom. The maximum absolute atomic E-state index is 12.0. The minimum atomic E-state index is -0.137. The Bertz CT molecular complexity index is 516. The lowest BCUT2D eigenvalue weighted by atomic mass is 10.1. The molecule has 1 aliphatic rings. The average Bonchev–Trinajstić information content (AvgIpc) is 2.47. The second-order valence-electron chi connectivity index (χ2n) is 5.40. The van der Waals surface area contributed by atoms with Crippen LogP contribution in [-0.2, 0) is 9.53 Å². The smallest absolute Gasteiger partial charge is 0.251 e. The summed E-state index contributed by atoms with van der Waals surface area (Å²) in [4.78, 5) is 25.8. The molecule has 2 rings (SSSR count). The van der Waals surface area contributed by atoms with Crippen molar-refractivity contribution in [2.75, 3.05) is 26.2 Å². The van der Waals surface area contributed by atoms with Crippen molar-refractivity contribution >= 4 is 11.8 Å². The predicted molar refractivity (Wildman–Crippen MR) is 80.1 cm³/mol. The fraction of sp³-hybridized carbons (Fsp3) is 0.500. The van der Waals surface area contributed by atoms with Crippen molar-refractivity contribution in [1.82, 2.24) is 10.2 Å². The highest BCUT2D eigenvalue weighted by Gasteiger charge is 2.20. The second kappa shape index (κ2) is 7.22. The zero-order valence-electron chi connectivity index (χ0n) is 12.6. The van der Waals surface area contributed by atoms with Gasteiger partial charge >= 0.3 is 0 Å². The van der Waals surface area contributed by atoms with Gasteiger partial charge in [-0.05, 0) is 26.0 Å². The van der Waals surface area contributed by atoms with E-state index in [2.05, 4.69) is 5.32 Å². The molecule has 0 aliphatic carbocycles. The number of rotatable bonds is 4. The van der Waals surface area contributed by atoms with E-state index in [9.17, 15) is 9.59 Å². The average molecular weight is 290 g/mol. The van der Waals surface area contributed by atoms with Gasteiger partial charge in [0.1, 0.15) is 0 Å². The van der Waals surface area contributed by atoms with E-state index in [-0.39, 0.29) is 17.9 Å². The summed E-state index contributed by atoms with van der Waals surface area (Å²) in [6.07, 6.45) is 0.411. The first kappa shape index (κ1) is 15.5. The van der Waals surface area contributed by atoms with E-state index in [4.69, 9.17) is 4.74 Å². The Hall–Kier alpha value is -1.88. The molecule has 0 unspecified atom stereocenters. The van der Waals surface area contributed by atoms with Crippen molar-refractivity contribution in [3.05, 3.63) is 35.4 Å². The number of aryl methyl sites for hydroxylation is 1. The van der Waals surface area contributed by atoms with Gasteiger partial charge in [0.05, 0.1) is 12.7 Å². The summed E-state index contributed by atoms with van der Waals surface area (Å²) in [6.45, 7) is 6.11. The highest BCUT2D eigenvalue weighted by Crippen LogP contribution is 2.06. The zero-order chi connectivity index (χ0) is 15.2. The van der Waals surface area contributed by atoms with E-state index in [0.717, 1.165) is 5.56 Å². The number of carbonyl (C=O) groups excluding carboxylic acids is 2. The van der Waals surface area contributed by atoms with E-state index in [1.807, 2.05) is 32.0 Å². The molecule has 0 radical (unpaired) electrons. The molecule has 114 valence electrons. The molecule has 21 heavy (non-hydrogen) atoms. The van der Waals surface area contributed by atoms with Gasteiger partial charge in [0.15, 0.2) is 0 Å². The van der Waals surface area contributed by atoms with E-state index in [0.29, 0.717) is 38.2 Å². The van der Waals surface area contributed by atoms with Crippen LogP contribution < -0.4 is 5.32 Å². The fourth-order valence-corrected chi connectivity index (χ4v) is 2.37. The molecule has 5 nitrogen and oxygen atoms in total. The van der Waals surface area contributed by atoms with E-state index in [1.54, 1.807) is 11.0 Å². The lowest BCUT2D eigenvalue weighted by Gasteiger charge is -2.31. The van der Waals surface area contributed by atoms with Gasteiger partial charge in [0.25, 0.3) is 5.91 Å². The van der Waals surface area contributed by atoms with Gasteiger partial charge < -0.3 is 15.0 Å². The minimum Gasteiger partial charge on any atom is -0.375 e. The summed E-state index contributed by atoms with van der Waals surface area (Å²) in [5, 5.41) is 2.79. The van der Waals surface area contributed by atoms with Crippen LogP contribution in [0.1, 0.15) is 29.3 Å². The summed E-state index contributed by atoms with van der Waals surface area (Å²) in [6, 6.07) is 7.40. The first-order chi connectivity index (χ1) is 10.1. The van der Waals surface area contributed by atoms with Crippen LogP contribution in [-0.4, -0.2) is 49.1 Å². The minimum absolute atomic E-state index is 0.0645. The molecular formula is C16H22N2O3. The Labute approximate surface area is 125 Å². The van der Waals surface area contributed by atoms with Crippen molar-refractivity contribution in [1.29, 1.82) is 0 Å². The van der Waals surface area contributed by atoms with Crippen LogP contribution >= 0.6 is 0 Å². The predicted octanol–water partition coefficient (Wildman–Crippen LogP) is 1.36. The topological polar surface area (TPSA) is 58.6 Å². The Balaban J connectivity index is 1.76. The summed E-state index contributed by atoms with van der Waals surface area (Å²) < 4.78 is 5.41.